The molecule has 4 heteroatoms. The van der Waals surface area contributed by atoms with Gasteiger partial charge in [0.1, 0.15) is 11.6 Å². The van der Waals surface area contributed by atoms with Crippen LogP contribution in [0, 0.1) is 11.6 Å². The van der Waals surface area contributed by atoms with Crippen LogP contribution in [0.3, 0.4) is 0 Å². The molecule has 0 saturated heterocycles. The van der Waals surface area contributed by atoms with Gasteiger partial charge in [0.15, 0.2) is 0 Å². The van der Waals surface area contributed by atoms with E-state index in [2.05, 4.69) is 15.9 Å². The Bertz CT molecular complexity index is 337. The topological polar surface area (TPSA) is 26.0 Å². The first-order chi connectivity index (χ1) is 6.15. The minimum absolute atomic E-state index is 0.115. The van der Waals surface area contributed by atoms with E-state index in [4.69, 9.17) is 5.73 Å². The number of halogens is 3. The molecular weight excluding hydrogens is 240 g/mol. The van der Waals surface area contributed by atoms with Gasteiger partial charge < -0.3 is 5.73 Å². The van der Waals surface area contributed by atoms with Crippen molar-refractivity contribution in [2.75, 3.05) is 6.54 Å². The first-order valence-corrected chi connectivity index (χ1v) is 4.45. The van der Waals surface area contributed by atoms with Crippen molar-refractivity contribution < 1.29 is 8.78 Å². The lowest BCUT2D eigenvalue weighted by atomic mass is 10.2. The summed E-state index contributed by atoms with van der Waals surface area (Å²) in [6.07, 6.45) is 3.01. The van der Waals surface area contributed by atoms with Crippen molar-refractivity contribution in [1.82, 2.24) is 0 Å². The third-order valence-electron chi connectivity index (χ3n) is 1.45. The molecule has 13 heavy (non-hydrogen) atoms. The zero-order valence-electron chi connectivity index (χ0n) is 6.73. The van der Waals surface area contributed by atoms with E-state index in [9.17, 15) is 8.78 Å². The Kier molecular flexibility index (Phi) is 3.57. The van der Waals surface area contributed by atoms with Gasteiger partial charge in [0, 0.05) is 12.1 Å². The maximum Gasteiger partial charge on any atom is 0.144 e. The fourth-order valence-corrected chi connectivity index (χ4v) is 1.34. The van der Waals surface area contributed by atoms with Crippen molar-refractivity contribution in [2.24, 2.45) is 5.73 Å². The molecule has 1 rings (SSSR count). The monoisotopic (exact) mass is 247 g/mol. The fraction of sp³-hybridized carbons (Fsp3) is 0.111. The van der Waals surface area contributed by atoms with Crippen LogP contribution in [-0.2, 0) is 0 Å². The molecule has 1 aromatic rings. The van der Waals surface area contributed by atoms with Crippen LogP contribution in [0.4, 0.5) is 8.78 Å². The van der Waals surface area contributed by atoms with E-state index < -0.39 is 11.6 Å². The number of nitrogens with two attached hydrogens (primary N) is 1. The molecule has 0 aliphatic carbocycles. The van der Waals surface area contributed by atoms with Crippen molar-refractivity contribution in [3.05, 3.63) is 39.9 Å². The lowest BCUT2D eigenvalue weighted by Gasteiger charge is -1.99. The van der Waals surface area contributed by atoms with Crippen LogP contribution in [0.25, 0.3) is 6.08 Å². The highest BCUT2D eigenvalue weighted by molar-refractivity contribution is 9.10. The average molecular weight is 248 g/mol. The van der Waals surface area contributed by atoms with Gasteiger partial charge >= 0.3 is 0 Å². The fourth-order valence-electron chi connectivity index (χ4n) is 0.892. The van der Waals surface area contributed by atoms with Crippen molar-refractivity contribution in [3.8, 4) is 0 Å². The van der Waals surface area contributed by atoms with Crippen LogP contribution < -0.4 is 5.73 Å². The molecule has 0 aromatic heterocycles. The summed E-state index contributed by atoms with van der Waals surface area (Å²) in [5.74, 6) is -0.962. The van der Waals surface area contributed by atoms with Crippen molar-refractivity contribution in [1.29, 1.82) is 0 Å². The third-order valence-corrected chi connectivity index (χ3v) is 2.03. The van der Waals surface area contributed by atoms with Crippen LogP contribution >= 0.6 is 15.9 Å². The van der Waals surface area contributed by atoms with E-state index in [0.29, 0.717) is 6.54 Å². The Hall–Kier alpha value is -0.740. The lowest BCUT2D eigenvalue weighted by molar-refractivity contribution is 0.592. The summed E-state index contributed by atoms with van der Waals surface area (Å²) < 4.78 is 26.1. The molecule has 0 bridgehead atoms. The molecule has 1 aromatic carbocycles. The minimum atomic E-state index is -0.482. The maximum absolute atomic E-state index is 13.2. The normalized spacial score (nSPS) is 11.1. The first kappa shape index (κ1) is 10.3. The van der Waals surface area contributed by atoms with E-state index >= 15 is 0 Å². The van der Waals surface area contributed by atoms with Gasteiger partial charge in [-0.15, -0.1) is 0 Å². The molecule has 0 aliphatic rings. The predicted molar refractivity (Wildman–Crippen MR) is 52.1 cm³/mol. The van der Waals surface area contributed by atoms with Gasteiger partial charge in [-0.05, 0) is 28.1 Å². The quantitative estimate of drug-likeness (QED) is 0.800. The SMILES string of the molecule is NC/C=C/c1cc(F)cc(Br)c1F. The molecule has 0 fully saturated rings. The highest BCUT2D eigenvalue weighted by atomic mass is 79.9. The Morgan fingerprint density at radius 2 is 2.08 bits per heavy atom. The lowest BCUT2D eigenvalue weighted by Crippen LogP contribution is -1.93. The smallest absolute Gasteiger partial charge is 0.144 e. The molecule has 70 valence electrons. The molecule has 0 amide bonds. The summed E-state index contributed by atoms with van der Waals surface area (Å²) in [6.45, 7) is 0.299. The molecule has 0 radical (unpaired) electrons. The second-order valence-electron chi connectivity index (χ2n) is 2.43. The molecule has 0 atom stereocenters. The number of benzene rings is 1. The van der Waals surface area contributed by atoms with E-state index in [1.165, 1.54) is 6.08 Å². The minimum Gasteiger partial charge on any atom is -0.327 e. The third kappa shape index (κ3) is 2.60. The van der Waals surface area contributed by atoms with Gasteiger partial charge in [-0.1, -0.05) is 12.2 Å². The molecule has 0 heterocycles. The van der Waals surface area contributed by atoms with Crippen LogP contribution in [0.5, 0.6) is 0 Å². The molecular formula is C9H8BrF2N. The predicted octanol–water partition coefficient (Wildman–Crippen LogP) is 2.70. The van der Waals surface area contributed by atoms with Crippen LogP contribution in [0.1, 0.15) is 5.56 Å². The molecule has 1 nitrogen and oxygen atoms in total. The number of hydrogen-bond donors (Lipinski definition) is 1. The van der Waals surface area contributed by atoms with Gasteiger partial charge in [0.2, 0.25) is 0 Å². The Balaban J connectivity index is 3.12. The molecule has 0 unspecified atom stereocenters. The van der Waals surface area contributed by atoms with Crippen LogP contribution in [-0.4, -0.2) is 6.54 Å². The van der Waals surface area contributed by atoms with Gasteiger partial charge in [-0.2, -0.15) is 0 Å². The van der Waals surface area contributed by atoms with Crippen molar-refractivity contribution in [2.45, 2.75) is 0 Å². The summed E-state index contributed by atoms with van der Waals surface area (Å²) in [5.41, 5.74) is 5.38. The average Bonchev–Trinajstić information content (AvgIpc) is 2.09. The Morgan fingerprint density at radius 1 is 1.38 bits per heavy atom. The van der Waals surface area contributed by atoms with Gasteiger partial charge in [-0.25, -0.2) is 8.78 Å². The highest BCUT2D eigenvalue weighted by Gasteiger charge is 2.05. The number of rotatable bonds is 2. The maximum atomic E-state index is 13.2. The Morgan fingerprint density at radius 3 is 2.69 bits per heavy atom. The first-order valence-electron chi connectivity index (χ1n) is 3.66. The van der Waals surface area contributed by atoms with Crippen molar-refractivity contribution >= 4 is 22.0 Å². The Labute approximate surface area is 83.4 Å². The zero-order chi connectivity index (χ0) is 9.84. The second-order valence-corrected chi connectivity index (χ2v) is 3.28. The van der Waals surface area contributed by atoms with E-state index in [0.717, 1.165) is 12.1 Å². The summed E-state index contributed by atoms with van der Waals surface area (Å²) in [5, 5.41) is 0. The molecule has 0 spiro atoms. The van der Waals surface area contributed by atoms with Crippen molar-refractivity contribution in [3.63, 3.8) is 0 Å². The van der Waals surface area contributed by atoms with Crippen LogP contribution in [0.15, 0.2) is 22.7 Å². The molecule has 0 aliphatic heterocycles. The standard InChI is InChI=1S/C9H8BrF2N/c10-8-5-7(11)4-6(9(8)12)2-1-3-13/h1-2,4-5H,3,13H2/b2-1+. The second kappa shape index (κ2) is 4.48. The highest BCUT2D eigenvalue weighted by Crippen LogP contribution is 2.21. The van der Waals surface area contributed by atoms with E-state index in [1.54, 1.807) is 6.08 Å². The van der Waals surface area contributed by atoms with Gasteiger partial charge in [0.25, 0.3) is 0 Å². The van der Waals surface area contributed by atoms with E-state index in [-0.39, 0.29) is 10.0 Å². The number of hydrogen-bond acceptors (Lipinski definition) is 1. The van der Waals surface area contributed by atoms with Gasteiger partial charge in [-0.3, -0.25) is 0 Å². The largest absolute Gasteiger partial charge is 0.327 e. The van der Waals surface area contributed by atoms with Crippen LogP contribution in [0.2, 0.25) is 0 Å². The van der Waals surface area contributed by atoms with E-state index in [1.807, 2.05) is 0 Å². The zero-order valence-corrected chi connectivity index (χ0v) is 8.31. The molecule has 0 saturated carbocycles. The summed E-state index contributed by atoms with van der Waals surface area (Å²) in [7, 11) is 0. The summed E-state index contributed by atoms with van der Waals surface area (Å²) in [6, 6.07) is 2.20. The molecule has 2 N–H and O–H groups in total. The summed E-state index contributed by atoms with van der Waals surface area (Å²) in [4.78, 5) is 0. The summed E-state index contributed by atoms with van der Waals surface area (Å²) >= 11 is 2.91. The van der Waals surface area contributed by atoms with Gasteiger partial charge in [0.05, 0.1) is 4.47 Å².